The second-order valence-corrected chi connectivity index (χ2v) is 4.38. The van der Waals surface area contributed by atoms with E-state index in [1.807, 2.05) is 0 Å². The maximum absolute atomic E-state index is 11.7. The smallest absolute Gasteiger partial charge is 0.336 e. The van der Waals surface area contributed by atoms with Gasteiger partial charge in [-0.15, -0.1) is 0 Å². The molecule has 16 heavy (non-hydrogen) atoms. The molecule has 0 spiro atoms. The molecule has 2 N–H and O–H groups in total. The molecule has 1 atom stereocenters. The molecular formula is C10H11NO4S. The van der Waals surface area contributed by atoms with Gasteiger partial charge in [-0.05, 0) is 12.1 Å². The Balaban J connectivity index is 2.99. The van der Waals surface area contributed by atoms with E-state index in [2.05, 4.69) is 5.32 Å². The molecule has 0 aliphatic rings. The van der Waals surface area contributed by atoms with Gasteiger partial charge >= 0.3 is 5.97 Å². The van der Waals surface area contributed by atoms with Crippen LogP contribution in [0.4, 0.5) is 0 Å². The zero-order chi connectivity index (χ0) is 12.1. The number of rotatable bonds is 4. The Kier molecular flexibility index (Phi) is 4.19. The topological polar surface area (TPSA) is 83.5 Å². The number of amides is 1. The molecule has 1 aromatic carbocycles. The predicted octanol–water partition coefficient (Wildman–Crippen LogP) is 0.238. The summed E-state index contributed by atoms with van der Waals surface area (Å²) >= 11 is 0. The number of benzene rings is 1. The van der Waals surface area contributed by atoms with Gasteiger partial charge in [0, 0.05) is 7.05 Å². The van der Waals surface area contributed by atoms with Gasteiger partial charge in [0.1, 0.15) is 5.75 Å². The number of hydrogen-bond acceptors (Lipinski definition) is 3. The fourth-order valence-electron chi connectivity index (χ4n) is 1.11. The van der Waals surface area contributed by atoms with Crippen LogP contribution in [0.3, 0.4) is 0 Å². The Bertz CT molecular complexity index is 444. The van der Waals surface area contributed by atoms with Crippen LogP contribution in [0.5, 0.6) is 0 Å². The lowest BCUT2D eigenvalue weighted by atomic mass is 10.2. The number of carbonyl (C=O) groups excluding carboxylic acids is 1. The van der Waals surface area contributed by atoms with Crippen LogP contribution in [0.1, 0.15) is 10.4 Å². The van der Waals surface area contributed by atoms with Crippen LogP contribution in [0.15, 0.2) is 29.2 Å². The Morgan fingerprint density at radius 3 is 2.56 bits per heavy atom. The van der Waals surface area contributed by atoms with Crippen LogP contribution in [-0.2, 0) is 15.6 Å². The molecule has 0 radical (unpaired) electrons. The van der Waals surface area contributed by atoms with Crippen LogP contribution in [0, 0.1) is 0 Å². The third kappa shape index (κ3) is 2.90. The number of carboxylic acids is 1. The molecule has 1 aromatic rings. The average Bonchev–Trinajstić information content (AvgIpc) is 2.28. The number of carboxylic acid groups (broad SMARTS) is 1. The van der Waals surface area contributed by atoms with Crippen molar-refractivity contribution >= 4 is 22.7 Å². The Labute approximate surface area is 94.9 Å². The molecule has 0 fully saturated rings. The molecule has 86 valence electrons. The van der Waals surface area contributed by atoms with Crippen molar-refractivity contribution in [3.05, 3.63) is 29.8 Å². The standard InChI is InChI=1S/C10H11NO4S/c1-11-9(12)6-16(15)8-5-3-2-4-7(8)10(13)14/h2-5H,6H2,1H3,(H,11,12)(H,13,14). The molecule has 0 aliphatic heterocycles. The van der Waals surface area contributed by atoms with Gasteiger partial charge in [0.05, 0.1) is 21.3 Å². The van der Waals surface area contributed by atoms with Crippen LogP contribution in [-0.4, -0.2) is 34.0 Å². The van der Waals surface area contributed by atoms with E-state index in [1.165, 1.54) is 19.2 Å². The highest BCUT2D eigenvalue weighted by Gasteiger charge is 2.16. The van der Waals surface area contributed by atoms with Crippen LogP contribution < -0.4 is 5.32 Å². The molecule has 6 heteroatoms. The third-order valence-electron chi connectivity index (χ3n) is 1.90. The Hall–Kier alpha value is -1.69. The van der Waals surface area contributed by atoms with Crippen LogP contribution in [0.25, 0.3) is 0 Å². The molecule has 1 rings (SSSR count). The number of nitrogens with one attached hydrogen (secondary N) is 1. The molecule has 1 unspecified atom stereocenters. The van der Waals surface area contributed by atoms with E-state index in [0.29, 0.717) is 0 Å². The number of hydrogen-bond donors (Lipinski definition) is 2. The van der Waals surface area contributed by atoms with Crippen molar-refractivity contribution in [2.24, 2.45) is 0 Å². The van der Waals surface area contributed by atoms with E-state index in [0.717, 1.165) is 0 Å². The number of aromatic carboxylic acids is 1. The summed E-state index contributed by atoms with van der Waals surface area (Å²) in [6, 6.07) is 5.94. The van der Waals surface area contributed by atoms with E-state index in [9.17, 15) is 13.8 Å². The second kappa shape index (κ2) is 5.41. The molecular weight excluding hydrogens is 230 g/mol. The number of carbonyl (C=O) groups is 2. The van der Waals surface area contributed by atoms with Gasteiger partial charge in [0.15, 0.2) is 0 Å². The van der Waals surface area contributed by atoms with Crippen molar-refractivity contribution in [1.82, 2.24) is 5.32 Å². The maximum atomic E-state index is 11.7. The average molecular weight is 241 g/mol. The summed E-state index contributed by atoms with van der Waals surface area (Å²) in [4.78, 5) is 22.0. The predicted molar refractivity (Wildman–Crippen MR) is 58.7 cm³/mol. The highest BCUT2D eigenvalue weighted by Crippen LogP contribution is 2.13. The van der Waals surface area contributed by atoms with E-state index in [1.54, 1.807) is 12.1 Å². The fraction of sp³-hybridized carbons (Fsp3) is 0.200. The summed E-state index contributed by atoms with van der Waals surface area (Å²) in [6.45, 7) is 0. The molecule has 0 aliphatic carbocycles. The van der Waals surface area contributed by atoms with Crippen molar-refractivity contribution in [2.75, 3.05) is 12.8 Å². The summed E-state index contributed by atoms with van der Waals surface area (Å²) in [6.07, 6.45) is 0. The van der Waals surface area contributed by atoms with Gasteiger partial charge in [-0.1, -0.05) is 12.1 Å². The molecule has 0 aromatic heterocycles. The Morgan fingerprint density at radius 2 is 2.00 bits per heavy atom. The summed E-state index contributed by atoms with van der Waals surface area (Å²) < 4.78 is 11.7. The quantitative estimate of drug-likeness (QED) is 0.791. The first-order chi connectivity index (χ1) is 7.56. The normalized spacial score (nSPS) is 11.8. The van der Waals surface area contributed by atoms with Crippen molar-refractivity contribution in [1.29, 1.82) is 0 Å². The van der Waals surface area contributed by atoms with Gasteiger partial charge < -0.3 is 10.4 Å². The lowest BCUT2D eigenvalue weighted by molar-refractivity contribution is -0.118. The van der Waals surface area contributed by atoms with E-state index in [4.69, 9.17) is 5.11 Å². The van der Waals surface area contributed by atoms with Gasteiger partial charge in [0.2, 0.25) is 5.91 Å². The van der Waals surface area contributed by atoms with Gasteiger partial charge in [-0.3, -0.25) is 9.00 Å². The Morgan fingerprint density at radius 1 is 1.38 bits per heavy atom. The zero-order valence-electron chi connectivity index (χ0n) is 8.60. The first-order valence-corrected chi connectivity index (χ1v) is 5.79. The van der Waals surface area contributed by atoms with Crippen molar-refractivity contribution < 1.29 is 18.9 Å². The molecule has 0 saturated heterocycles. The lowest BCUT2D eigenvalue weighted by Crippen LogP contribution is -2.24. The van der Waals surface area contributed by atoms with E-state index in [-0.39, 0.29) is 16.2 Å². The molecule has 1 amide bonds. The highest BCUT2D eigenvalue weighted by atomic mass is 32.2. The monoisotopic (exact) mass is 241 g/mol. The SMILES string of the molecule is CNC(=O)CS(=O)c1ccccc1C(=O)O. The molecule has 0 heterocycles. The summed E-state index contributed by atoms with van der Waals surface area (Å²) in [5.74, 6) is -1.78. The van der Waals surface area contributed by atoms with Gasteiger partial charge in [-0.25, -0.2) is 4.79 Å². The lowest BCUT2D eigenvalue weighted by Gasteiger charge is -2.04. The van der Waals surface area contributed by atoms with E-state index < -0.39 is 22.7 Å². The van der Waals surface area contributed by atoms with Crippen LogP contribution >= 0.6 is 0 Å². The first-order valence-electron chi connectivity index (χ1n) is 4.47. The second-order valence-electron chi connectivity index (χ2n) is 2.96. The van der Waals surface area contributed by atoms with Crippen molar-refractivity contribution in [3.8, 4) is 0 Å². The fourth-order valence-corrected chi connectivity index (χ4v) is 2.28. The highest BCUT2D eigenvalue weighted by molar-refractivity contribution is 7.85. The largest absolute Gasteiger partial charge is 0.478 e. The molecule has 5 nitrogen and oxygen atoms in total. The minimum absolute atomic E-state index is 0.0373. The third-order valence-corrected chi connectivity index (χ3v) is 3.27. The minimum atomic E-state index is -1.64. The molecule has 0 bridgehead atoms. The van der Waals surface area contributed by atoms with E-state index >= 15 is 0 Å². The van der Waals surface area contributed by atoms with Gasteiger partial charge in [-0.2, -0.15) is 0 Å². The first kappa shape index (κ1) is 12.4. The van der Waals surface area contributed by atoms with Crippen molar-refractivity contribution in [3.63, 3.8) is 0 Å². The summed E-state index contributed by atoms with van der Waals surface area (Å²) in [7, 11) is -0.205. The molecule has 0 saturated carbocycles. The zero-order valence-corrected chi connectivity index (χ0v) is 9.41. The minimum Gasteiger partial charge on any atom is -0.478 e. The summed E-state index contributed by atoms with van der Waals surface area (Å²) in [5, 5.41) is 11.2. The van der Waals surface area contributed by atoms with Crippen molar-refractivity contribution in [2.45, 2.75) is 4.90 Å². The van der Waals surface area contributed by atoms with Crippen LogP contribution in [0.2, 0.25) is 0 Å². The maximum Gasteiger partial charge on any atom is 0.336 e. The van der Waals surface area contributed by atoms with Gasteiger partial charge in [0.25, 0.3) is 0 Å². The summed E-state index contributed by atoms with van der Waals surface area (Å²) in [5.41, 5.74) is -0.0373.